The minimum atomic E-state index is -0.137. The zero-order valence-electron chi connectivity index (χ0n) is 12.5. The van der Waals surface area contributed by atoms with Crippen molar-refractivity contribution in [1.82, 2.24) is 4.90 Å². The molecule has 1 fully saturated rings. The Hall–Kier alpha value is -1.36. The first-order valence-corrected chi connectivity index (χ1v) is 8.10. The van der Waals surface area contributed by atoms with E-state index in [-0.39, 0.29) is 24.4 Å². The number of amides is 2. The van der Waals surface area contributed by atoms with Gasteiger partial charge < -0.3 is 10.2 Å². The van der Waals surface area contributed by atoms with E-state index in [1.807, 2.05) is 25.1 Å². The van der Waals surface area contributed by atoms with Crippen LogP contribution in [-0.2, 0) is 9.59 Å². The monoisotopic (exact) mass is 352 g/mol. The van der Waals surface area contributed by atoms with Gasteiger partial charge in [0.15, 0.2) is 0 Å². The Kier molecular flexibility index (Phi) is 5.39. The van der Waals surface area contributed by atoms with Crippen LogP contribution in [0.25, 0.3) is 0 Å². The van der Waals surface area contributed by atoms with Crippen LogP contribution >= 0.6 is 15.9 Å². The van der Waals surface area contributed by atoms with E-state index in [4.69, 9.17) is 0 Å². The third-order valence-corrected chi connectivity index (χ3v) is 4.44. The molecule has 2 rings (SSSR count). The van der Waals surface area contributed by atoms with E-state index in [1.54, 1.807) is 4.90 Å². The number of carbonyl (C=O) groups excluding carboxylic acids is 2. The van der Waals surface area contributed by atoms with Crippen LogP contribution in [0.15, 0.2) is 22.7 Å². The second-order valence-electron chi connectivity index (χ2n) is 5.59. The number of nitrogens with one attached hydrogen (secondary N) is 1. The average Bonchev–Trinajstić information content (AvgIpc) is 2.92. The van der Waals surface area contributed by atoms with Gasteiger partial charge in [-0.15, -0.1) is 0 Å². The summed E-state index contributed by atoms with van der Waals surface area (Å²) in [5, 5.41) is 2.89. The Balaban J connectivity index is 2.00. The van der Waals surface area contributed by atoms with E-state index in [1.165, 1.54) is 6.92 Å². The van der Waals surface area contributed by atoms with Gasteiger partial charge in [-0.2, -0.15) is 0 Å². The summed E-state index contributed by atoms with van der Waals surface area (Å²) in [4.78, 5) is 25.7. The molecule has 0 heterocycles. The Morgan fingerprint density at radius 3 is 2.57 bits per heavy atom. The molecule has 1 saturated carbocycles. The van der Waals surface area contributed by atoms with Gasteiger partial charge in [0.25, 0.3) is 0 Å². The molecule has 0 radical (unpaired) electrons. The number of aryl methyl sites for hydroxylation is 1. The smallest absolute Gasteiger partial charge is 0.244 e. The van der Waals surface area contributed by atoms with Crippen molar-refractivity contribution in [2.45, 2.75) is 45.6 Å². The van der Waals surface area contributed by atoms with Crippen molar-refractivity contribution in [3.05, 3.63) is 28.2 Å². The lowest BCUT2D eigenvalue weighted by Gasteiger charge is -2.27. The van der Waals surface area contributed by atoms with Crippen molar-refractivity contribution in [2.24, 2.45) is 0 Å². The first-order valence-electron chi connectivity index (χ1n) is 7.30. The number of hydrogen-bond acceptors (Lipinski definition) is 2. The number of halogens is 1. The highest BCUT2D eigenvalue weighted by molar-refractivity contribution is 9.10. The number of rotatable bonds is 4. The van der Waals surface area contributed by atoms with Crippen molar-refractivity contribution in [3.63, 3.8) is 0 Å². The molecule has 0 unspecified atom stereocenters. The molecule has 0 atom stereocenters. The standard InChI is InChI=1S/C16H21BrN2O2/c1-11-9-13(17)7-8-15(11)18-16(21)10-19(12(2)20)14-5-3-4-6-14/h7-9,14H,3-6,10H2,1-2H3,(H,18,21). The lowest BCUT2D eigenvalue weighted by Crippen LogP contribution is -2.42. The molecule has 1 aliphatic rings. The predicted octanol–water partition coefficient (Wildman–Crippen LogP) is 3.49. The van der Waals surface area contributed by atoms with Crippen molar-refractivity contribution in [2.75, 3.05) is 11.9 Å². The highest BCUT2D eigenvalue weighted by atomic mass is 79.9. The van der Waals surface area contributed by atoms with Crippen LogP contribution < -0.4 is 5.32 Å². The fourth-order valence-electron chi connectivity index (χ4n) is 2.83. The summed E-state index contributed by atoms with van der Waals surface area (Å²) >= 11 is 3.40. The van der Waals surface area contributed by atoms with Crippen LogP contribution in [0.2, 0.25) is 0 Å². The van der Waals surface area contributed by atoms with Crippen molar-refractivity contribution in [3.8, 4) is 0 Å². The molecule has 5 heteroatoms. The van der Waals surface area contributed by atoms with Gasteiger partial charge in [-0.05, 0) is 43.5 Å². The molecule has 1 aliphatic carbocycles. The fourth-order valence-corrected chi connectivity index (χ4v) is 3.30. The van der Waals surface area contributed by atoms with E-state index in [2.05, 4.69) is 21.2 Å². The summed E-state index contributed by atoms with van der Waals surface area (Å²) in [5.74, 6) is -0.160. The number of carbonyl (C=O) groups is 2. The first-order chi connectivity index (χ1) is 9.97. The topological polar surface area (TPSA) is 49.4 Å². The molecule has 0 bridgehead atoms. The molecule has 1 aromatic carbocycles. The van der Waals surface area contributed by atoms with Crippen LogP contribution in [0.3, 0.4) is 0 Å². The maximum atomic E-state index is 12.2. The van der Waals surface area contributed by atoms with Crippen LogP contribution in [0.1, 0.15) is 38.2 Å². The highest BCUT2D eigenvalue weighted by Crippen LogP contribution is 2.24. The van der Waals surface area contributed by atoms with E-state index in [9.17, 15) is 9.59 Å². The Labute approximate surface area is 134 Å². The number of benzene rings is 1. The lowest BCUT2D eigenvalue weighted by atomic mass is 10.2. The maximum Gasteiger partial charge on any atom is 0.244 e. The van der Waals surface area contributed by atoms with Gasteiger partial charge in [0, 0.05) is 23.1 Å². The minimum Gasteiger partial charge on any atom is -0.331 e. The van der Waals surface area contributed by atoms with Crippen LogP contribution in [0.5, 0.6) is 0 Å². The van der Waals surface area contributed by atoms with Gasteiger partial charge in [-0.1, -0.05) is 28.8 Å². The van der Waals surface area contributed by atoms with Crippen molar-refractivity contribution < 1.29 is 9.59 Å². The van der Waals surface area contributed by atoms with Crippen molar-refractivity contribution in [1.29, 1.82) is 0 Å². The van der Waals surface area contributed by atoms with Gasteiger partial charge in [0.2, 0.25) is 11.8 Å². The maximum absolute atomic E-state index is 12.2. The highest BCUT2D eigenvalue weighted by Gasteiger charge is 2.26. The summed E-state index contributed by atoms with van der Waals surface area (Å²) in [7, 11) is 0. The minimum absolute atomic E-state index is 0.0235. The molecular formula is C16H21BrN2O2. The molecule has 0 aromatic heterocycles. The van der Waals surface area contributed by atoms with Crippen molar-refractivity contribution >= 4 is 33.4 Å². The van der Waals surface area contributed by atoms with Gasteiger partial charge in [-0.25, -0.2) is 0 Å². The summed E-state index contributed by atoms with van der Waals surface area (Å²) in [6.07, 6.45) is 4.29. The van der Waals surface area contributed by atoms with Gasteiger partial charge in [-0.3, -0.25) is 9.59 Å². The normalized spacial score (nSPS) is 15.0. The second-order valence-corrected chi connectivity index (χ2v) is 6.51. The van der Waals surface area contributed by atoms with Gasteiger partial charge in [0.1, 0.15) is 6.54 Å². The van der Waals surface area contributed by atoms with E-state index < -0.39 is 0 Å². The molecule has 21 heavy (non-hydrogen) atoms. The summed E-state index contributed by atoms with van der Waals surface area (Å²) in [6, 6.07) is 5.93. The van der Waals surface area contributed by atoms with Crippen LogP contribution in [0, 0.1) is 6.92 Å². The Bertz CT molecular complexity index is 539. The largest absolute Gasteiger partial charge is 0.331 e. The number of anilines is 1. The average molecular weight is 353 g/mol. The summed E-state index contributed by atoms with van der Waals surface area (Å²) < 4.78 is 0.981. The molecular weight excluding hydrogens is 332 g/mol. The quantitative estimate of drug-likeness (QED) is 0.901. The molecule has 1 N–H and O–H groups in total. The zero-order chi connectivity index (χ0) is 15.4. The Morgan fingerprint density at radius 1 is 1.33 bits per heavy atom. The summed E-state index contributed by atoms with van der Waals surface area (Å²) in [6.45, 7) is 3.62. The first kappa shape index (κ1) is 16.0. The second kappa shape index (κ2) is 7.07. The Morgan fingerprint density at radius 2 is 2.00 bits per heavy atom. The molecule has 0 spiro atoms. The molecule has 2 amide bonds. The SMILES string of the molecule is CC(=O)N(CC(=O)Nc1ccc(Br)cc1C)C1CCCC1. The molecule has 4 nitrogen and oxygen atoms in total. The lowest BCUT2D eigenvalue weighted by molar-refractivity contribution is -0.135. The molecule has 1 aromatic rings. The van der Waals surface area contributed by atoms with Crippen LogP contribution in [0.4, 0.5) is 5.69 Å². The summed E-state index contributed by atoms with van der Waals surface area (Å²) in [5.41, 5.74) is 1.78. The molecule has 0 saturated heterocycles. The van der Waals surface area contributed by atoms with E-state index >= 15 is 0 Å². The molecule has 114 valence electrons. The van der Waals surface area contributed by atoms with Gasteiger partial charge >= 0.3 is 0 Å². The zero-order valence-corrected chi connectivity index (χ0v) is 14.1. The third kappa shape index (κ3) is 4.30. The van der Waals surface area contributed by atoms with E-state index in [0.717, 1.165) is 41.4 Å². The predicted molar refractivity (Wildman–Crippen MR) is 87.2 cm³/mol. The molecule has 0 aliphatic heterocycles. The number of nitrogens with zero attached hydrogens (tertiary/aromatic N) is 1. The fraction of sp³-hybridized carbons (Fsp3) is 0.500. The van der Waals surface area contributed by atoms with Crippen LogP contribution in [-0.4, -0.2) is 29.3 Å². The van der Waals surface area contributed by atoms with Gasteiger partial charge in [0.05, 0.1) is 0 Å². The number of hydrogen-bond donors (Lipinski definition) is 1. The van der Waals surface area contributed by atoms with E-state index in [0.29, 0.717) is 0 Å². The third-order valence-electron chi connectivity index (χ3n) is 3.95.